The molecule has 108 valence electrons. The first-order valence-electron chi connectivity index (χ1n) is 6.34. The van der Waals surface area contributed by atoms with E-state index in [1.165, 1.54) is 0 Å². The Labute approximate surface area is 117 Å². The van der Waals surface area contributed by atoms with Crippen LogP contribution in [0.25, 0.3) is 0 Å². The maximum absolute atomic E-state index is 10.1. The first kappa shape index (κ1) is 15.7. The van der Waals surface area contributed by atoms with Gasteiger partial charge in [0.25, 0.3) is 5.09 Å². The molecule has 0 aliphatic rings. The minimum absolute atomic E-state index is 0.0822. The van der Waals surface area contributed by atoms with E-state index >= 15 is 0 Å². The van der Waals surface area contributed by atoms with Crippen molar-refractivity contribution in [1.82, 2.24) is 4.98 Å². The molecular weight excluding hydrogens is 266 g/mol. The van der Waals surface area contributed by atoms with Crippen LogP contribution in [0.5, 0.6) is 0 Å². The number of nitrogens with zero attached hydrogens (tertiary/aromatic N) is 3. The Kier molecular flexibility index (Phi) is 5.53. The zero-order chi connectivity index (χ0) is 14.6. The molecule has 7 heteroatoms. The van der Waals surface area contributed by atoms with Gasteiger partial charge in [-0.25, -0.2) is 4.98 Å². The summed E-state index contributed by atoms with van der Waals surface area (Å²) in [5, 5.41) is 10.3. The lowest BCUT2D eigenvalue weighted by Gasteiger charge is -2.30. The molecule has 0 bridgehead atoms. The van der Waals surface area contributed by atoms with E-state index < -0.39 is 5.09 Å². The molecule has 0 atom stereocenters. The molecular formula is C12H21N3O3S. The Balaban J connectivity index is 2.79. The summed E-state index contributed by atoms with van der Waals surface area (Å²) in [6.07, 6.45) is 0.522. The average molecular weight is 287 g/mol. The van der Waals surface area contributed by atoms with Crippen LogP contribution in [0, 0.1) is 17.0 Å². The molecule has 0 radical (unpaired) electrons. The minimum atomic E-state index is -0.758. The predicted molar refractivity (Wildman–Crippen MR) is 76.3 cm³/mol. The van der Waals surface area contributed by atoms with Gasteiger partial charge in [0.1, 0.15) is 6.61 Å². The van der Waals surface area contributed by atoms with E-state index in [9.17, 15) is 10.1 Å². The summed E-state index contributed by atoms with van der Waals surface area (Å²) in [7, 11) is 0. The van der Waals surface area contributed by atoms with Gasteiger partial charge in [0.2, 0.25) is 0 Å². The Morgan fingerprint density at radius 2 is 1.95 bits per heavy atom. The van der Waals surface area contributed by atoms with Gasteiger partial charge in [-0.05, 0) is 34.6 Å². The third-order valence-corrected chi connectivity index (χ3v) is 3.97. The van der Waals surface area contributed by atoms with E-state index in [1.54, 1.807) is 11.3 Å². The van der Waals surface area contributed by atoms with Crippen LogP contribution in [0.1, 0.15) is 38.3 Å². The molecule has 0 aliphatic carbocycles. The highest BCUT2D eigenvalue weighted by molar-refractivity contribution is 7.15. The Bertz CT molecular complexity index is 424. The van der Waals surface area contributed by atoms with Crippen molar-refractivity contribution in [2.45, 2.75) is 53.1 Å². The first-order chi connectivity index (χ1) is 8.82. The highest BCUT2D eigenvalue weighted by atomic mass is 32.1. The maximum Gasteiger partial charge on any atom is 0.294 e. The van der Waals surface area contributed by atoms with Crippen molar-refractivity contribution in [3.63, 3.8) is 0 Å². The van der Waals surface area contributed by atoms with Crippen LogP contribution in [-0.4, -0.2) is 28.8 Å². The summed E-state index contributed by atoms with van der Waals surface area (Å²) in [6.45, 7) is 10.5. The third-order valence-electron chi connectivity index (χ3n) is 2.74. The van der Waals surface area contributed by atoms with E-state index in [2.05, 4.69) is 42.4 Å². The van der Waals surface area contributed by atoms with Crippen LogP contribution in [0.15, 0.2) is 0 Å². The number of rotatable bonds is 7. The van der Waals surface area contributed by atoms with Crippen LogP contribution in [0.2, 0.25) is 0 Å². The second-order valence-electron chi connectivity index (χ2n) is 4.91. The molecule has 1 heterocycles. The van der Waals surface area contributed by atoms with E-state index in [4.69, 9.17) is 0 Å². The quantitative estimate of drug-likeness (QED) is 0.570. The van der Waals surface area contributed by atoms with Gasteiger partial charge in [-0.3, -0.25) is 0 Å². The fourth-order valence-electron chi connectivity index (χ4n) is 2.01. The number of thiazole rings is 1. The number of aromatic nitrogens is 1. The summed E-state index contributed by atoms with van der Waals surface area (Å²) in [4.78, 5) is 22.3. The summed E-state index contributed by atoms with van der Waals surface area (Å²) < 4.78 is 0. The molecule has 0 saturated heterocycles. The van der Waals surface area contributed by atoms with Gasteiger partial charge in [0, 0.05) is 23.4 Å². The van der Waals surface area contributed by atoms with Gasteiger partial charge in [-0.2, -0.15) is 0 Å². The highest BCUT2D eigenvalue weighted by Crippen LogP contribution is 2.29. The largest absolute Gasteiger partial charge is 0.343 e. The fourth-order valence-corrected chi connectivity index (χ4v) is 3.31. The van der Waals surface area contributed by atoms with E-state index in [-0.39, 0.29) is 6.61 Å². The van der Waals surface area contributed by atoms with Gasteiger partial charge in [-0.1, -0.05) is 0 Å². The molecule has 0 spiro atoms. The smallest absolute Gasteiger partial charge is 0.294 e. The summed E-state index contributed by atoms with van der Waals surface area (Å²) in [5.41, 5.74) is 0.929. The minimum Gasteiger partial charge on any atom is -0.343 e. The van der Waals surface area contributed by atoms with E-state index in [1.807, 2.05) is 6.92 Å². The lowest BCUT2D eigenvalue weighted by atomic mass is 10.2. The van der Waals surface area contributed by atoms with Crippen molar-refractivity contribution >= 4 is 16.5 Å². The molecule has 0 unspecified atom stereocenters. The zero-order valence-corrected chi connectivity index (χ0v) is 12.9. The van der Waals surface area contributed by atoms with Crippen LogP contribution >= 0.6 is 11.3 Å². The standard InChI is InChI=1S/C12H21N3O3S/c1-8(2)14(9(3)4)12-13-10(5)11(19-12)6-7-18-15(16)17/h8-9H,6-7H2,1-5H3. The second-order valence-corrected chi connectivity index (χ2v) is 5.97. The molecule has 0 fully saturated rings. The van der Waals surface area contributed by atoms with Gasteiger partial charge in [0.15, 0.2) is 5.13 Å². The molecule has 0 amide bonds. The van der Waals surface area contributed by atoms with Crippen molar-refractivity contribution in [2.75, 3.05) is 11.5 Å². The Hall–Kier alpha value is -1.37. The van der Waals surface area contributed by atoms with Crippen molar-refractivity contribution in [3.05, 3.63) is 20.7 Å². The summed E-state index contributed by atoms with van der Waals surface area (Å²) in [5.74, 6) is 0. The number of anilines is 1. The molecule has 0 N–H and O–H groups in total. The molecule has 1 aromatic rings. The zero-order valence-electron chi connectivity index (χ0n) is 12.0. The topological polar surface area (TPSA) is 68.5 Å². The van der Waals surface area contributed by atoms with E-state index in [0.717, 1.165) is 15.7 Å². The Morgan fingerprint density at radius 1 is 1.37 bits per heavy atom. The molecule has 19 heavy (non-hydrogen) atoms. The van der Waals surface area contributed by atoms with Crippen LogP contribution in [0.4, 0.5) is 5.13 Å². The molecule has 0 aliphatic heterocycles. The van der Waals surface area contributed by atoms with Crippen molar-refractivity contribution in [1.29, 1.82) is 0 Å². The van der Waals surface area contributed by atoms with Gasteiger partial charge < -0.3 is 9.74 Å². The van der Waals surface area contributed by atoms with Crippen molar-refractivity contribution < 1.29 is 9.92 Å². The third kappa shape index (κ3) is 4.34. The SMILES string of the molecule is Cc1nc(N(C(C)C)C(C)C)sc1CCO[N+](=O)[O-]. The van der Waals surface area contributed by atoms with Gasteiger partial charge in [0.05, 0.1) is 5.69 Å². The summed E-state index contributed by atoms with van der Waals surface area (Å²) >= 11 is 1.59. The second kappa shape index (κ2) is 6.70. The number of hydrogen-bond acceptors (Lipinski definition) is 6. The van der Waals surface area contributed by atoms with Crippen LogP contribution < -0.4 is 4.90 Å². The lowest BCUT2D eigenvalue weighted by Crippen LogP contribution is -2.36. The number of hydrogen-bond donors (Lipinski definition) is 0. The van der Waals surface area contributed by atoms with Crippen molar-refractivity contribution in [3.8, 4) is 0 Å². The average Bonchev–Trinajstić information content (AvgIpc) is 2.58. The molecule has 0 saturated carbocycles. The Morgan fingerprint density at radius 3 is 2.42 bits per heavy atom. The number of aryl methyl sites for hydroxylation is 1. The molecule has 1 rings (SSSR count). The first-order valence-corrected chi connectivity index (χ1v) is 7.16. The molecule has 1 aromatic heterocycles. The van der Waals surface area contributed by atoms with E-state index in [0.29, 0.717) is 18.5 Å². The molecule has 6 nitrogen and oxygen atoms in total. The monoisotopic (exact) mass is 287 g/mol. The van der Waals surface area contributed by atoms with Crippen LogP contribution in [0.3, 0.4) is 0 Å². The van der Waals surface area contributed by atoms with Gasteiger partial charge in [-0.15, -0.1) is 21.5 Å². The van der Waals surface area contributed by atoms with Crippen LogP contribution in [-0.2, 0) is 11.3 Å². The molecule has 0 aromatic carbocycles. The fraction of sp³-hybridized carbons (Fsp3) is 0.750. The lowest BCUT2D eigenvalue weighted by molar-refractivity contribution is -0.757. The van der Waals surface area contributed by atoms with Gasteiger partial charge >= 0.3 is 0 Å². The highest BCUT2D eigenvalue weighted by Gasteiger charge is 2.19. The maximum atomic E-state index is 10.1. The summed E-state index contributed by atoms with van der Waals surface area (Å²) in [6, 6.07) is 0.738. The predicted octanol–water partition coefficient (Wildman–Crippen LogP) is 2.83. The van der Waals surface area contributed by atoms with Crippen molar-refractivity contribution in [2.24, 2.45) is 0 Å². The normalized spacial score (nSPS) is 11.1.